The van der Waals surface area contributed by atoms with E-state index in [2.05, 4.69) is 9.88 Å². The number of ether oxygens (including phenoxy) is 3. The molecular weight excluding hydrogens is 350 g/mol. The number of aromatic nitrogens is 1. The largest absolute Gasteiger partial charge is 0.484 e. The van der Waals surface area contributed by atoms with E-state index in [-0.39, 0.29) is 19.3 Å². The van der Waals surface area contributed by atoms with Crippen molar-refractivity contribution in [2.75, 3.05) is 33.0 Å². The number of fused-ring (bicyclic) bond motifs is 2. The summed E-state index contributed by atoms with van der Waals surface area (Å²) in [6, 6.07) is 5.84. The van der Waals surface area contributed by atoms with Gasteiger partial charge in [-0.3, -0.25) is 9.69 Å². The van der Waals surface area contributed by atoms with Crippen LogP contribution in [-0.4, -0.2) is 59.7 Å². The Morgan fingerprint density at radius 3 is 3.11 bits per heavy atom. The van der Waals surface area contributed by atoms with Crippen molar-refractivity contribution < 1.29 is 23.4 Å². The summed E-state index contributed by atoms with van der Waals surface area (Å²) in [5.41, 5.74) is 0.339. The second-order valence-electron chi connectivity index (χ2n) is 7.01. The number of nitrogens with zero attached hydrogens (tertiary/aromatic N) is 3. The first-order chi connectivity index (χ1) is 13.3. The predicted octanol–water partition coefficient (Wildman–Crippen LogP) is 1.90. The number of hydrogen-bond donors (Lipinski definition) is 0. The van der Waals surface area contributed by atoms with Gasteiger partial charge in [0.1, 0.15) is 12.0 Å². The minimum atomic E-state index is -0.0698. The fourth-order valence-electron chi connectivity index (χ4n) is 3.92. The van der Waals surface area contributed by atoms with Crippen molar-refractivity contribution in [1.82, 2.24) is 14.8 Å². The maximum Gasteiger partial charge on any atom is 0.275 e. The summed E-state index contributed by atoms with van der Waals surface area (Å²) in [5.74, 6) is 2.29. The number of piperazine rings is 1. The Balaban J connectivity index is 1.20. The molecule has 8 heteroatoms. The standard InChI is InChI=1S/C19H21N3O5/c23-19(22-7-6-21-5-1-2-13(21)9-22)15-10-25-18(20-15)11-24-14-3-4-16-17(8-14)27-12-26-16/h3-4,8,10,13H,1-2,5-7,9,11-12H2. The normalized spacial score (nSPS) is 21.3. The number of carbonyl (C=O) groups is 1. The molecule has 2 aromatic rings. The van der Waals surface area contributed by atoms with Crippen LogP contribution in [0, 0.1) is 0 Å². The highest BCUT2D eigenvalue weighted by atomic mass is 16.7. The third kappa shape index (κ3) is 3.21. The number of rotatable bonds is 4. The van der Waals surface area contributed by atoms with Crippen LogP contribution in [0.1, 0.15) is 29.2 Å². The van der Waals surface area contributed by atoms with Crippen LogP contribution in [0.4, 0.5) is 0 Å². The summed E-state index contributed by atoms with van der Waals surface area (Å²) in [6.45, 7) is 3.97. The van der Waals surface area contributed by atoms with Gasteiger partial charge in [0.05, 0.1) is 0 Å². The molecule has 27 heavy (non-hydrogen) atoms. The van der Waals surface area contributed by atoms with Crippen LogP contribution in [0.2, 0.25) is 0 Å². The Labute approximate surface area is 156 Å². The van der Waals surface area contributed by atoms with Gasteiger partial charge in [0.2, 0.25) is 12.7 Å². The molecule has 1 aromatic heterocycles. The van der Waals surface area contributed by atoms with Gasteiger partial charge in [0.25, 0.3) is 5.91 Å². The molecule has 5 rings (SSSR count). The second-order valence-corrected chi connectivity index (χ2v) is 7.01. The summed E-state index contributed by atoms with van der Waals surface area (Å²) >= 11 is 0. The fraction of sp³-hybridized carbons (Fsp3) is 0.474. The Morgan fingerprint density at radius 2 is 2.15 bits per heavy atom. The van der Waals surface area contributed by atoms with Crippen molar-refractivity contribution in [1.29, 1.82) is 0 Å². The van der Waals surface area contributed by atoms with Gasteiger partial charge in [-0.25, -0.2) is 4.98 Å². The van der Waals surface area contributed by atoms with E-state index in [1.807, 2.05) is 4.90 Å². The van der Waals surface area contributed by atoms with Crippen molar-refractivity contribution in [2.45, 2.75) is 25.5 Å². The molecule has 3 aliphatic heterocycles. The zero-order valence-corrected chi connectivity index (χ0v) is 14.9. The molecular formula is C19H21N3O5. The van der Waals surface area contributed by atoms with Gasteiger partial charge in [-0.2, -0.15) is 0 Å². The number of oxazole rings is 1. The van der Waals surface area contributed by atoms with E-state index in [1.165, 1.54) is 12.7 Å². The third-order valence-corrected chi connectivity index (χ3v) is 5.35. The summed E-state index contributed by atoms with van der Waals surface area (Å²) in [5, 5.41) is 0. The summed E-state index contributed by atoms with van der Waals surface area (Å²) in [4.78, 5) is 21.4. The van der Waals surface area contributed by atoms with E-state index < -0.39 is 0 Å². The quantitative estimate of drug-likeness (QED) is 0.812. The fourth-order valence-corrected chi connectivity index (χ4v) is 3.92. The van der Waals surface area contributed by atoms with E-state index in [4.69, 9.17) is 18.6 Å². The Morgan fingerprint density at radius 1 is 1.22 bits per heavy atom. The van der Waals surface area contributed by atoms with Gasteiger partial charge in [-0.15, -0.1) is 0 Å². The van der Waals surface area contributed by atoms with Crippen LogP contribution in [0.5, 0.6) is 17.2 Å². The van der Waals surface area contributed by atoms with Gasteiger partial charge in [0, 0.05) is 31.7 Å². The Kier molecular flexibility index (Phi) is 4.12. The molecule has 2 fully saturated rings. The molecule has 1 unspecified atom stereocenters. The molecule has 0 spiro atoms. The molecule has 0 saturated carbocycles. The average Bonchev–Trinajstić information content (AvgIpc) is 3.44. The number of carbonyl (C=O) groups excluding carboxylic acids is 1. The minimum Gasteiger partial charge on any atom is -0.484 e. The van der Waals surface area contributed by atoms with Crippen LogP contribution in [-0.2, 0) is 6.61 Å². The van der Waals surface area contributed by atoms with Crippen LogP contribution < -0.4 is 14.2 Å². The highest BCUT2D eigenvalue weighted by Crippen LogP contribution is 2.35. The van der Waals surface area contributed by atoms with Crippen molar-refractivity contribution in [3.8, 4) is 17.2 Å². The number of hydrogen-bond acceptors (Lipinski definition) is 7. The maximum atomic E-state index is 12.7. The first-order valence-corrected chi connectivity index (χ1v) is 9.26. The second kappa shape index (κ2) is 6.77. The third-order valence-electron chi connectivity index (χ3n) is 5.35. The van der Waals surface area contributed by atoms with Gasteiger partial charge < -0.3 is 23.5 Å². The van der Waals surface area contributed by atoms with Crippen LogP contribution in [0.15, 0.2) is 28.9 Å². The van der Waals surface area contributed by atoms with Gasteiger partial charge in [-0.05, 0) is 31.5 Å². The molecule has 1 amide bonds. The smallest absolute Gasteiger partial charge is 0.275 e. The maximum absolute atomic E-state index is 12.7. The highest BCUT2D eigenvalue weighted by Gasteiger charge is 2.33. The molecule has 3 aliphatic rings. The van der Waals surface area contributed by atoms with E-state index in [1.54, 1.807) is 18.2 Å². The van der Waals surface area contributed by atoms with Gasteiger partial charge >= 0.3 is 0 Å². The molecule has 0 radical (unpaired) electrons. The molecule has 0 aliphatic carbocycles. The SMILES string of the molecule is O=C(c1coc(COc2ccc3c(c2)OCO3)n1)N1CCN2CCCC2C1. The lowest BCUT2D eigenvalue weighted by atomic mass is 10.1. The number of benzene rings is 1. The zero-order chi connectivity index (χ0) is 18.2. The Hall–Kier alpha value is -2.74. The molecule has 142 valence electrons. The molecule has 4 heterocycles. The van der Waals surface area contributed by atoms with Crippen LogP contribution in [0.3, 0.4) is 0 Å². The lowest BCUT2D eigenvalue weighted by molar-refractivity contribution is 0.0565. The van der Waals surface area contributed by atoms with E-state index in [0.29, 0.717) is 34.9 Å². The monoisotopic (exact) mass is 371 g/mol. The lowest BCUT2D eigenvalue weighted by Gasteiger charge is -2.37. The highest BCUT2D eigenvalue weighted by molar-refractivity contribution is 5.92. The van der Waals surface area contributed by atoms with Crippen molar-refractivity contribution in [3.63, 3.8) is 0 Å². The summed E-state index contributed by atoms with van der Waals surface area (Å²) in [7, 11) is 0. The van der Waals surface area contributed by atoms with Crippen molar-refractivity contribution >= 4 is 5.91 Å². The molecule has 1 aromatic carbocycles. The van der Waals surface area contributed by atoms with E-state index in [9.17, 15) is 4.79 Å². The average molecular weight is 371 g/mol. The van der Waals surface area contributed by atoms with E-state index >= 15 is 0 Å². The Bertz CT molecular complexity index is 852. The molecule has 0 N–H and O–H groups in total. The number of amides is 1. The first-order valence-electron chi connectivity index (χ1n) is 9.26. The van der Waals surface area contributed by atoms with Crippen molar-refractivity contribution in [2.24, 2.45) is 0 Å². The molecule has 0 bridgehead atoms. The lowest BCUT2D eigenvalue weighted by Crippen LogP contribution is -2.52. The molecule has 2 saturated heterocycles. The predicted molar refractivity (Wildman–Crippen MR) is 93.9 cm³/mol. The topological polar surface area (TPSA) is 77.3 Å². The summed E-state index contributed by atoms with van der Waals surface area (Å²) in [6.07, 6.45) is 3.80. The van der Waals surface area contributed by atoms with E-state index in [0.717, 1.165) is 32.6 Å². The van der Waals surface area contributed by atoms with Crippen LogP contribution >= 0.6 is 0 Å². The molecule has 8 nitrogen and oxygen atoms in total. The van der Waals surface area contributed by atoms with Gasteiger partial charge in [0.15, 0.2) is 23.8 Å². The summed E-state index contributed by atoms with van der Waals surface area (Å²) < 4.78 is 21.7. The zero-order valence-electron chi connectivity index (χ0n) is 14.9. The minimum absolute atomic E-state index is 0.0698. The molecule has 1 atom stereocenters. The van der Waals surface area contributed by atoms with Gasteiger partial charge in [-0.1, -0.05) is 0 Å². The van der Waals surface area contributed by atoms with Crippen molar-refractivity contribution in [3.05, 3.63) is 36.0 Å². The van der Waals surface area contributed by atoms with Crippen LogP contribution in [0.25, 0.3) is 0 Å². The first kappa shape index (κ1) is 16.4.